The predicted molar refractivity (Wildman–Crippen MR) is 160 cm³/mol. The Balaban J connectivity index is 1.54. The van der Waals surface area contributed by atoms with Crippen molar-refractivity contribution in [3.63, 3.8) is 0 Å². The summed E-state index contributed by atoms with van der Waals surface area (Å²) in [6.45, 7) is 3.85. The SMILES string of the molecule is COc1ccc(CN(CC(=O)O)C(=O)[C@@H](CC(=O)OC(C)(C)C)NC(=O)OCC2c3ccccc3-c3ccccc32)c(O)c1. The van der Waals surface area contributed by atoms with Crippen LogP contribution in [-0.2, 0) is 30.4 Å². The molecule has 0 aromatic heterocycles. The third-order valence-corrected chi connectivity index (χ3v) is 7.02. The molecule has 11 nitrogen and oxygen atoms in total. The van der Waals surface area contributed by atoms with Crippen molar-refractivity contribution in [2.24, 2.45) is 0 Å². The lowest BCUT2D eigenvalue weighted by atomic mass is 9.98. The summed E-state index contributed by atoms with van der Waals surface area (Å²) in [5.41, 5.74) is 3.44. The van der Waals surface area contributed by atoms with Gasteiger partial charge in [0.05, 0.1) is 20.1 Å². The van der Waals surface area contributed by atoms with Crippen LogP contribution in [0.4, 0.5) is 4.79 Å². The number of esters is 1. The van der Waals surface area contributed by atoms with E-state index in [-0.39, 0.29) is 30.4 Å². The van der Waals surface area contributed by atoms with Gasteiger partial charge in [-0.15, -0.1) is 0 Å². The van der Waals surface area contributed by atoms with E-state index in [4.69, 9.17) is 14.2 Å². The Morgan fingerprint density at radius 3 is 2.11 bits per heavy atom. The Morgan fingerprint density at radius 2 is 1.57 bits per heavy atom. The fraction of sp³-hybridized carbons (Fsp3) is 0.333. The maximum atomic E-state index is 13.7. The molecule has 4 rings (SSSR count). The zero-order chi connectivity index (χ0) is 32.0. The van der Waals surface area contributed by atoms with E-state index in [2.05, 4.69) is 5.32 Å². The first-order valence-electron chi connectivity index (χ1n) is 14.1. The molecule has 0 aliphatic heterocycles. The summed E-state index contributed by atoms with van der Waals surface area (Å²) in [4.78, 5) is 52.2. The second kappa shape index (κ2) is 13.5. The number of aromatic hydroxyl groups is 1. The molecule has 3 aromatic rings. The van der Waals surface area contributed by atoms with E-state index in [0.29, 0.717) is 5.75 Å². The van der Waals surface area contributed by atoms with Crippen LogP contribution in [0, 0.1) is 0 Å². The van der Waals surface area contributed by atoms with Gasteiger partial charge in [0.15, 0.2) is 0 Å². The van der Waals surface area contributed by atoms with Crippen molar-refractivity contribution in [1.29, 1.82) is 0 Å². The largest absolute Gasteiger partial charge is 0.507 e. The number of ether oxygens (including phenoxy) is 3. The fourth-order valence-electron chi connectivity index (χ4n) is 5.14. The molecule has 0 radical (unpaired) electrons. The van der Waals surface area contributed by atoms with Gasteiger partial charge in [-0.25, -0.2) is 4.79 Å². The van der Waals surface area contributed by atoms with Crippen molar-refractivity contribution >= 4 is 23.9 Å². The molecule has 0 fully saturated rings. The lowest BCUT2D eigenvalue weighted by molar-refractivity contribution is -0.157. The second-order valence-electron chi connectivity index (χ2n) is 11.4. The molecule has 1 aliphatic carbocycles. The van der Waals surface area contributed by atoms with Crippen molar-refractivity contribution in [2.45, 2.75) is 51.3 Å². The highest BCUT2D eigenvalue weighted by atomic mass is 16.6. The van der Waals surface area contributed by atoms with Gasteiger partial charge in [-0.05, 0) is 55.2 Å². The minimum absolute atomic E-state index is 0.0359. The third kappa shape index (κ3) is 7.85. The molecule has 1 atom stereocenters. The van der Waals surface area contributed by atoms with Crippen LogP contribution in [0.5, 0.6) is 11.5 Å². The van der Waals surface area contributed by atoms with Crippen LogP contribution in [0.2, 0.25) is 0 Å². The molecule has 0 saturated heterocycles. The van der Waals surface area contributed by atoms with Crippen LogP contribution in [0.3, 0.4) is 0 Å². The van der Waals surface area contributed by atoms with E-state index < -0.39 is 48.5 Å². The average Bonchev–Trinajstić information content (AvgIpc) is 3.28. The van der Waals surface area contributed by atoms with E-state index >= 15 is 0 Å². The summed E-state index contributed by atoms with van der Waals surface area (Å²) in [5.74, 6) is -3.08. The van der Waals surface area contributed by atoms with Gasteiger partial charge in [0.1, 0.15) is 36.3 Å². The molecule has 3 aromatic carbocycles. The van der Waals surface area contributed by atoms with E-state index in [9.17, 15) is 29.4 Å². The van der Waals surface area contributed by atoms with Crippen LogP contribution < -0.4 is 10.1 Å². The topological polar surface area (TPSA) is 152 Å². The molecule has 3 N–H and O–H groups in total. The quantitative estimate of drug-likeness (QED) is 0.270. The lowest BCUT2D eigenvalue weighted by Crippen LogP contribution is -2.51. The third-order valence-electron chi connectivity index (χ3n) is 7.02. The maximum absolute atomic E-state index is 13.7. The normalized spacial score (nSPS) is 12.8. The van der Waals surface area contributed by atoms with Gasteiger partial charge in [0.25, 0.3) is 0 Å². The first-order chi connectivity index (χ1) is 20.9. The smallest absolute Gasteiger partial charge is 0.407 e. The van der Waals surface area contributed by atoms with Crippen LogP contribution in [0.15, 0.2) is 66.7 Å². The van der Waals surface area contributed by atoms with Crippen LogP contribution in [0.1, 0.15) is 49.8 Å². The van der Waals surface area contributed by atoms with Crippen molar-refractivity contribution in [3.05, 3.63) is 83.4 Å². The number of phenolic OH excluding ortho intramolecular Hbond substituents is 1. The predicted octanol–water partition coefficient (Wildman–Crippen LogP) is 4.45. The molecule has 2 amide bonds. The number of benzene rings is 3. The number of rotatable bonds is 11. The van der Waals surface area contributed by atoms with Crippen molar-refractivity contribution in [1.82, 2.24) is 10.2 Å². The van der Waals surface area contributed by atoms with E-state index in [1.807, 2.05) is 48.5 Å². The summed E-state index contributed by atoms with van der Waals surface area (Å²) >= 11 is 0. The minimum Gasteiger partial charge on any atom is -0.507 e. The summed E-state index contributed by atoms with van der Waals surface area (Å²) in [7, 11) is 1.42. The van der Waals surface area contributed by atoms with Crippen LogP contribution in [0.25, 0.3) is 11.1 Å². The van der Waals surface area contributed by atoms with E-state index in [1.54, 1.807) is 26.8 Å². The molecule has 0 unspecified atom stereocenters. The highest BCUT2D eigenvalue weighted by Crippen LogP contribution is 2.44. The fourth-order valence-corrected chi connectivity index (χ4v) is 5.14. The molecule has 0 spiro atoms. The Hall–Kier alpha value is -5.06. The number of methoxy groups -OCH3 is 1. The van der Waals surface area contributed by atoms with Gasteiger partial charge in [-0.2, -0.15) is 0 Å². The van der Waals surface area contributed by atoms with Gasteiger partial charge in [-0.1, -0.05) is 48.5 Å². The average molecular weight is 605 g/mol. The number of nitrogens with zero attached hydrogens (tertiary/aromatic N) is 1. The van der Waals surface area contributed by atoms with Gasteiger partial charge in [0.2, 0.25) is 5.91 Å². The van der Waals surface area contributed by atoms with Crippen LogP contribution >= 0.6 is 0 Å². The number of alkyl carbamates (subject to hydrolysis) is 1. The zero-order valence-electron chi connectivity index (χ0n) is 25.0. The highest BCUT2D eigenvalue weighted by molar-refractivity contribution is 5.91. The van der Waals surface area contributed by atoms with Crippen LogP contribution in [-0.4, -0.2) is 71.0 Å². The molecule has 0 bridgehead atoms. The summed E-state index contributed by atoms with van der Waals surface area (Å²) in [6.07, 6.45) is -1.54. The number of aliphatic carboxylic acids is 1. The lowest BCUT2D eigenvalue weighted by Gasteiger charge is -2.28. The number of carbonyl (C=O) groups is 4. The zero-order valence-corrected chi connectivity index (χ0v) is 25.0. The second-order valence-corrected chi connectivity index (χ2v) is 11.4. The Kier molecular flexibility index (Phi) is 9.77. The molecule has 44 heavy (non-hydrogen) atoms. The van der Waals surface area contributed by atoms with E-state index in [0.717, 1.165) is 27.2 Å². The molecule has 1 aliphatic rings. The Labute approximate surface area is 255 Å². The standard InChI is InChI=1S/C33H36N2O9/c1-33(2,3)44-30(39)16-27(31(40)35(18-29(37)38)17-20-13-14-21(42-4)15-28(20)36)34-32(41)43-19-26-24-11-7-5-9-22(24)23-10-6-8-12-25(23)26/h5-15,26-27,36H,16-19H2,1-4H3,(H,34,41)(H,37,38)/t27-/m1/s1. The van der Waals surface area contributed by atoms with Crippen molar-refractivity contribution in [2.75, 3.05) is 20.3 Å². The van der Waals surface area contributed by atoms with Crippen molar-refractivity contribution in [3.8, 4) is 22.6 Å². The number of carboxylic acid groups (broad SMARTS) is 1. The van der Waals surface area contributed by atoms with Gasteiger partial charge < -0.3 is 34.6 Å². The van der Waals surface area contributed by atoms with E-state index in [1.165, 1.54) is 19.2 Å². The van der Waals surface area contributed by atoms with Gasteiger partial charge in [-0.3, -0.25) is 14.4 Å². The van der Waals surface area contributed by atoms with Gasteiger partial charge >= 0.3 is 18.0 Å². The number of fused-ring (bicyclic) bond motifs is 3. The number of carboxylic acids is 1. The molecule has 0 heterocycles. The summed E-state index contributed by atoms with van der Waals surface area (Å²) in [5, 5.41) is 22.4. The summed E-state index contributed by atoms with van der Waals surface area (Å²) < 4.78 is 16.0. The maximum Gasteiger partial charge on any atom is 0.407 e. The number of carbonyl (C=O) groups excluding carboxylic acids is 3. The minimum atomic E-state index is -1.51. The molecular formula is C33H36N2O9. The monoisotopic (exact) mass is 604 g/mol. The molecule has 11 heteroatoms. The number of hydrogen-bond donors (Lipinski definition) is 3. The highest BCUT2D eigenvalue weighted by Gasteiger charge is 2.34. The Bertz CT molecular complexity index is 1500. The number of nitrogens with one attached hydrogen (secondary N) is 1. The number of phenols is 1. The molecule has 0 saturated carbocycles. The first-order valence-corrected chi connectivity index (χ1v) is 14.1. The molecular weight excluding hydrogens is 568 g/mol. The first kappa shape index (κ1) is 31.9. The van der Waals surface area contributed by atoms with Gasteiger partial charge in [0, 0.05) is 17.5 Å². The van der Waals surface area contributed by atoms with Crippen molar-refractivity contribution < 1.29 is 43.6 Å². The summed E-state index contributed by atoms with van der Waals surface area (Å²) in [6, 6.07) is 18.5. The number of amides is 2. The number of hydrogen-bond acceptors (Lipinski definition) is 8. The Morgan fingerprint density at radius 1 is 0.955 bits per heavy atom. The molecule has 232 valence electrons.